The van der Waals surface area contributed by atoms with Crippen LogP contribution < -0.4 is 10.6 Å². The van der Waals surface area contributed by atoms with Crippen molar-refractivity contribution in [2.75, 3.05) is 17.3 Å². The average molecular weight is 346 g/mol. The van der Waals surface area contributed by atoms with Crippen LogP contribution in [0.2, 0.25) is 0 Å². The van der Waals surface area contributed by atoms with E-state index in [9.17, 15) is 0 Å². The zero-order valence-electron chi connectivity index (χ0n) is 12.9. The maximum absolute atomic E-state index is 4.91. The number of aromatic nitrogens is 8. The molecule has 2 N–H and O–H groups in total. The van der Waals surface area contributed by atoms with Gasteiger partial charge in [0, 0.05) is 13.8 Å². The molecule has 14 nitrogen and oxygen atoms in total. The molecule has 128 valence electrons. The van der Waals surface area contributed by atoms with Crippen LogP contribution in [0.1, 0.15) is 11.8 Å². The number of anilines is 2. The zero-order chi connectivity index (χ0) is 17.2. The lowest BCUT2D eigenvalue weighted by atomic mass is 10.4. The normalized spacial score (nSPS) is 11.0. The van der Waals surface area contributed by atoms with E-state index in [4.69, 9.17) is 18.3 Å². The van der Waals surface area contributed by atoms with Crippen LogP contribution in [0.25, 0.3) is 23.0 Å². The van der Waals surface area contributed by atoms with Crippen LogP contribution in [0, 0.1) is 13.8 Å². The Morgan fingerprint density at radius 2 is 1.16 bits per heavy atom. The minimum absolute atomic E-state index is 0.191. The summed E-state index contributed by atoms with van der Waals surface area (Å²) in [5.41, 5.74) is 0.622. The molecule has 0 amide bonds. The van der Waals surface area contributed by atoms with Crippen LogP contribution in [0.15, 0.2) is 18.3 Å². The van der Waals surface area contributed by atoms with E-state index in [1.54, 1.807) is 13.8 Å². The van der Waals surface area contributed by atoms with Crippen molar-refractivity contribution in [1.29, 1.82) is 0 Å². The monoisotopic (exact) mass is 346 g/mol. The highest BCUT2D eigenvalue weighted by Gasteiger charge is 2.19. The third kappa shape index (κ3) is 2.87. The summed E-state index contributed by atoms with van der Waals surface area (Å²) in [6.07, 6.45) is 0. The van der Waals surface area contributed by atoms with Gasteiger partial charge in [-0.3, -0.25) is 0 Å². The van der Waals surface area contributed by atoms with Crippen LogP contribution in [0.4, 0.5) is 11.6 Å². The smallest absolute Gasteiger partial charge is 0.228 e. The number of hydrogen-bond donors (Lipinski definition) is 2. The number of hydrogen-bond acceptors (Lipinski definition) is 14. The van der Waals surface area contributed by atoms with Crippen LogP contribution in [0.3, 0.4) is 0 Å². The Bertz CT molecular complexity index is 906. The van der Waals surface area contributed by atoms with E-state index in [1.165, 1.54) is 0 Å². The van der Waals surface area contributed by atoms with Gasteiger partial charge in [-0.15, -0.1) is 0 Å². The SMILES string of the molecule is Cc1nc(-c2nonc2NCNc2nonc2-c2noc(C)n2)no1. The highest BCUT2D eigenvalue weighted by Crippen LogP contribution is 2.23. The minimum Gasteiger partial charge on any atom is -0.348 e. The molecule has 0 radical (unpaired) electrons. The summed E-state index contributed by atoms with van der Waals surface area (Å²) >= 11 is 0. The van der Waals surface area contributed by atoms with Crippen molar-refractivity contribution >= 4 is 11.6 Å². The summed E-state index contributed by atoms with van der Waals surface area (Å²) in [6, 6.07) is 0. The van der Waals surface area contributed by atoms with E-state index in [0.29, 0.717) is 34.8 Å². The molecule has 0 bridgehead atoms. The van der Waals surface area contributed by atoms with E-state index in [-0.39, 0.29) is 18.3 Å². The highest BCUT2D eigenvalue weighted by molar-refractivity contribution is 5.66. The van der Waals surface area contributed by atoms with Gasteiger partial charge in [0.2, 0.25) is 35.1 Å². The van der Waals surface area contributed by atoms with Gasteiger partial charge in [-0.25, -0.2) is 9.26 Å². The first-order valence-electron chi connectivity index (χ1n) is 6.95. The number of nitrogens with one attached hydrogen (secondary N) is 2. The van der Waals surface area contributed by atoms with Crippen molar-refractivity contribution in [2.24, 2.45) is 0 Å². The molecule has 0 spiro atoms. The quantitative estimate of drug-likeness (QED) is 0.464. The van der Waals surface area contributed by atoms with Crippen LogP contribution in [-0.4, -0.2) is 47.6 Å². The second-order valence-electron chi connectivity index (χ2n) is 4.73. The molecular weight excluding hydrogens is 336 g/mol. The molecular formula is C11H10N10O4. The molecule has 0 saturated heterocycles. The molecule has 4 rings (SSSR count). The van der Waals surface area contributed by atoms with Gasteiger partial charge >= 0.3 is 0 Å². The largest absolute Gasteiger partial charge is 0.348 e. The lowest BCUT2D eigenvalue weighted by Gasteiger charge is -2.03. The van der Waals surface area contributed by atoms with Crippen molar-refractivity contribution in [2.45, 2.75) is 13.8 Å². The van der Waals surface area contributed by atoms with Gasteiger partial charge in [0.1, 0.15) is 0 Å². The Hall–Kier alpha value is -3.84. The predicted octanol–water partition coefficient (Wildman–Crippen LogP) is 0.651. The van der Waals surface area contributed by atoms with Crippen molar-refractivity contribution in [3.8, 4) is 23.0 Å². The van der Waals surface area contributed by atoms with Gasteiger partial charge in [-0.2, -0.15) is 9.97 Å². The topological polar surface area (TPSA) is 180 Å². The Morgan fingerprint density at radius 1 is 0.680 bits per heavy atom. The van der Waals surface area contributed by atoms with Crippen molar-refractivity contribution in [3.63, 3.8) is 0 Å². The molecule has 0 unspecified atom stereocenters. The van der Waals surface area contributed by atoms with Gasteiger partial charge in [-0.1, -0.05) is 10.3 Å². The van der Waals surface area contributed by atoms with Gasteiger partial charge in [0.05, 0.1) is 6.67 Å². The van der Waals surface area contributed by atoms with Gasteiger partial charge in [0.15, 0.2) is 11.4 Å². The lowest BCUT2D eigenvalue weighted by molar-refractivity contribution is 0.309. The van der Waals surface area contributed by atoms with Crippen LogP contribution >= 0.6 is 0 Å². The molecule has 4 heterocycles. The first-order chi connectivity index (χ1) is 12.2. The highest BCUT2D eigenvalue weighted by atomic mass is 16.6. The van der Waals surface area contributed by atoms with Gasteiger partial charge in [0.25, 0.3) is 0 Å². The molecule has 0 saturated carbocycles. The Balaban J connectivity index is 1.44. The minimum atomic E-state index is 0.191. The second kappa shape index (κ2) is 5.99. The van der Waals surface area contributed by atoms with E-state index >= 15 is 0 Å². The molecule has 0 aliphatic carbocycles. The first kappa shape index (κ1) is 14.7. The van der Waals surface area contributed by atoms with Gasteiger partial charge < -0.3 is 19.7 Å². The van der Waals surface area contributed by atoms with E-state index in [0.717, 1.165) is 0 Å². The number of nitrogens with zero attached hydrogens (tertiary/aromatic N) is 8. The maximum atomic E-state index is 4.91. The molecule has 0 atom stereocenters. The molecule has 4 aromatic rings. The lowest BCUT2D eigenvalue weighted by Crippen LogP contribution is -2.13. The van der Waals surface area contributed by atoms with E-state index in [1.807, 2.05) is 0 Å². The third-order valence-electron chi connectivity index (χ3n) is 2.97. The molecule has 25 heavy (non-hydrogen) atoms. The molecule has 0 aromatic carbocycles. The zero-order valence-corrected chi connectivity index (χ0v) is 12.9. The standard InChI is InChI=1S/C11H10N10O4/c1-4-14-10(18-22-4)6-8(20-24-16-6)12-3-13-9-7(17-25-21-9)11-15-5(2)23-19-11/h3H2,1-2H3,(H,12,20)(H,13,21). The summed E-state index contributed by atoms with van der Waals surface area (Å²) in [4.78, 5) is 8.13. The van der Waals surface area contributed by atoms with E-state index in [2.05, 4.69) is 51.5 Å². The fourth-order valence-corrected chi connectivity index (χ4v) is 1.91. The third-order valence-corrected chi connectivity index (χ3v) is 2.97. The number of rotatable bonds is 6. The Labute approximate surface area is 137 Å². The second-order valence-corrected chi connectivity index (χ2v) is 4.73. The van der Waals surface area contributed by atoms with Gasteiger partial charge in [-0.05, 0) is 20.6 Å². The summed E-state index contributed by atoms with van der Waals surface area (Å²) in [7, 11) is 0. The molecule has 0 fully saturated rings. The average Bonchev–Trinajstić information content (AvgIpc) is 3.34. The first-order valence-corrected chi connectivity index (χ1v) is 6.95. The molecule has 0 aliphatic heterocycles. The van der Waals surface area contributed by atoms with Crippen molar-refractivity contribution in [1.82, 2.24) is 40.9 Å². The van der Waals surface area contributed by atoms with Crippen molar-refractivity contribution in [3.05, 3.63) is 11.8 Å². The molecule has 4 aromatic heterocycles. The van der Waals surface area contributed by atoms with Crippen LogP contribution in [-0.2, 0) is 0 Å². The molecule has 14 heteroatoms. The summed E-state index contributed by atoms with van der Waals surface area (Å²) in [5.74, 6) is 1.95. The van der Waals surface area contributed by atoms with Crippen molar-refractivity contribution < 1.29 is 18.3 Å². The summed E-state index contributed by atoms with van der Waals surface area (Å²) in [6.45, 7) is 3.52. The van der Waals surface area contributed by atoms with Crippen LogP contribution in [0.5, 0.6) is 0 Å². The summed E-state index contributed by atoms with van der Waals surface area (Å²) in [5, 5.41) is 28.4. The van der Waals surface area contributed by atoms with E-state index < -0.39 is 0 Å². The maximum Gasteiger partial charge on any atom is 0.228 e. The fourth-order valence-electron chi connectivity index (χ4n) is 1.91. The Morgan fingerprint density at radius 3 is 1.56 bits per heavy atom. The summed E-state index contributed by atoms with van der Waals surface area (Å²) < 4.78 is 19.2. The molecule has 0 aliphatic rings. The number of aryl methyl sites for hydroxylation is 2. The predicted molar refractivity (Wildman–Crippen MR) is 76.8 cm³/mol. The fraction of sp³-hybridized carbons (Fsp3) is 0.273. The Kier molecular flexibility index (Phi) is 3.53.